The second kappa shape index (κ2) is 13.0. The van der Waals surface area contributed by atoms with Gasteiger partial charge in [-0.25, -0.2) is 0 Å². The Balaban J connectivity index is 1.23. The SMILES string of the molecule is NCCCC(=O)N1CCC(CC(=O)N2CCC([C@H]3c4ncc(Br)cc4CCc4cc(Cl)cc(Br)c43)CC2)CC1. The molecule has 3 heterocycles. The largest absolute Gasteiger partial charge is 0.343 e. The first-order valence-electron chi connectivity index (χ1n) is 14.2. The molecule has 3 aliphatic rings. The minimum absolute atomic E-state index is 0.177. The van der Waals surface area contributed by atoms with Crippen molar-refractivity contribution in [3.63, 3.8) is 0 Å². The van der Waals surface area contributed by atoms with Crippen molar-refractivity contribution >= 4 is 55.3 Å². The molecule has 0 saturated carbocycles. The van der Waals surface area contributed by atoms with Crippen molar-refractivity contribution in [2.24, 2.45) is 17.6 Å². The number of nitrogens with zero attached hydrogens (tertiary/aromatic N) is 3. The third kappa shape index (κ3) is 6.71. The first-order valence-corrected chi connectivity index (χ1v) is 16.2. The van der Waals surface area contributed by atoms with Crippen LogP contribution in [-0.4, -0.2) is 59.3 Å². The smallest absolute Gasteiger partial charge is 0.222 e. The number of fused-ring (bicyclic) bond motifs is 2. The van der Waals surface area contributed by atoms with Crippen molar-refractivity contribution < 1.29 is 9.59 Å². The summed E-state index contributed by atoms with van der Waals surface area (Å²) in [5, 5.41) is 0.755. The Morgan fingerprint density at radius 2 is 1.62 bits per heavy atom. The highest BCUT2D eigenvalue weighted by molar-refractivity contribution is 9.10. The molecule has 0 unspecified atom stereocenters. The minimum Gasteiger partial charge on any atom is -0.343 e. The van der Waals surface area contributed by atoms with Crippen LogP contribution in [-0.2, 0) is 22.4 Å². The molecule has 210 valence electrons. The number of carbonyl (C=O) groups is 2. The van der Waals surface area contributed by atoms with E-state index < -0.39 is 0 Å². The lowest BCUT2D eigenvalue weighted by atomic mass is 9.76. The Bertz CT molecular complexity index is 1210. The number of carbonyl (C=O) groups excluding carboxylic acids is 2. The van der Waals surface area contributed by atoms with E-state index in [0.29, 0.717) is 31.2 Å². The highest BCUT2D eigenvalue weighted by Gasteiger charge is 2.36. The third-order valence-electron chi connectivity index (χ3n) is 8.81. The molecule has 1 aliphatic carbocycles. The van der Waals surface area contributed by atoms with Gasteiger partial charge < -0.3 is 15.5 Å². The zero-order valence-electron chi connectivity index (χ0n) is 22.3. The van der Waals surface area contributed by atoms with E-state index in [1.807, 2.05) is 17.2 Å². The maximum atomic E-state index is 13.3. The molecular formula is C30H37Br2ClN4O2. The first kappa shape index (κ1) is 29.0. The molecule has 2 aromatic rings. The lowest BCUT2D eigenvalue weighted by molar-refractivity contribution is -0.135. The normalized spacial score (nSPS) is 20.4. The summed E-state index contributed by atoms with van der Waals surface area (Å²) in [4.78, 5) is 34.5. The van der Waals surface area contributed by atoms with Crippen molar-refractivity contribution in [2.45, 2.75) is 63.7 Å². The number of pyridine rings is 1. The zero-order chi connectivity index (χ0) is 27.5. The molecular weight excluding hydrogens is 644 g/mol. The standard InChI is InChI=1S/C30H37Br2ClN4O2/c31-23-15-22-4-3-21-16-24(33)17-25(32)28(21)29(30(22)35-18-23)20-7-12-37(13-8-20)27(39)14-19-5-10-36(11-6-19)26(38)2-1-9-34/h15-20,29H,1-14,34H2/t29-/m1/s1. The van der Waals surface area contributed by atoms with Crippen molar-refractivity contribution in [1.82, 2.24) is 14.8 Å². The second-order valence-corrected chi connectivity index (χ2v) is 13.5. The van der Waals surface area contributed by atoms with Gasteiger partial charge in [0.2, 0.25) is 11.8 Å². The second-order valence-electron chi connectivity index (χ2n) is 11.3. The van der Waals surface area contributed by atoms with Crippen LogP contribution in [0.5, 0.6) is 0 Å². The summed E-state index contributed by atoms with van der Waals surface area (Å²) in [6.07, 6.45) is 9.36. The maximum absolute atomic E-state index is 13.3. The van der Waals surface area contributed by atoms with Crippen molar-refractivity contribution in [3.8, 4) is 0 Å². The third-order valence-corrected chi connectivity index (χ3v) is 10.1. The van der Waals surface area contributed by atoms with Crippen LogP contribution >= 0.6 is 43.5 Å². The highest BCUT2D eigenvalue weighted by atomic mass is 79.9. The Labute approximate surface area is 253 Å². The van der Waals surface area contributed by atoms with Gasteiger partial charge in [-0.05, 0) is 114 Å². The number of aryl methyl sites for hydroxylation is 2. The van der Waals surface area contributed by atoms with Crippen molar-refractivity contribution in [3.05, 3.63) is 60.7 Å². The fraction of sp³-hybridized carbons (Fsp3) is 0.567. The van der Waals surface area contributed by atoms with E-state index in [1.165, 1.54) is 16.7 Å². The van der Waals surface area contributed by atoms with Gasteiger partial charge in [0, 0.05) is 65.1 Å². The Morgan fingerprint density at radius 3 is 2.33 bits per heavy atom. The average molecular weight is 681 g/mol. The van der Waals surface area contributed by atoms with Crippen molar-refractivity contribution in [1.29, 1.82) is 0 Å². The summed E-state index contributed by atoms with van der Waals surface area (Å²) in [6.45, 7) is 3.62. The molecule has 1 aromatic carbocycles. The first-order chi connectivity index (χ1) is 18.8. The van der Waals surface area contributed by atoms with Gasteiger partial charge in [0.1, 0.15) is 0 Å². The number of piperidine rings is 2. The molecule has 2 fully saturated rings. The molecule has 5 rings (SSSR count). The molecule has 0 bridgehead atoms. The van der Waals surface area contributed by atoms with Gasteiger partial charge in [0.05, 0.1) is 5.69 Å². The van der Waals surface area contributed by atoms with E-state index >= 15 is 0 Å². The topological polar surface area (TPSA) is 79.5 Å². The molecule has 0 spiro atoms. The Morgan fingerprint density at radius 1 is 0.949 bits per heavy atom. The predicted octanol–water partition coefficient (Wildman–Crippen LogP) is 6.10. The summed E-state index contributed by atoms with van der Waals surface area (Å²) in [5.41, 5.74) is 10.6. The number of benzene rings is 1. The Kier molecular flexibility index (Phi) is 9.68. The number of amides is 2. The van der Waals surface area contributed by atoms with Crippen LogP contribution in [0, 0.1) is 11.8 Å². The summed E-state index contributed by atoms with van der Waals surface area (Å²) in [7, 11) is 0. The number of hydrogen-bond acceptors (Lipinski definition) is 4. The van der Waals surface area contributed by atoms with Gasteiger partial charge in [-0.1, -0.05) is 27.5 Å². The van der Waals surface area contributed by atoms with E-state index in [2.05, 4.69) is 48.9 Å². The van der Waals surface area contributed by atoms with Crippen LogP contribution in [0.1, 0.15) is 73.2 Å². The minimum atomic E-state index is 0.177. The van der Waals surface area contributed by atoms with E-state index in [1.54, 1.807) is 0 Å². The molecule has 1 aromatic heterocycles. The number of aromatic nitrogens is 1. The van der Waals surface area contributed by atoms with Gasteiger partial charge in [0.15, 0.2) is 0 Å². The summed E-state index contributed by atoms with van der Waals surface area (Å²) in [5.74, 6) is 1.40. The molecule has 2 saturated heterocycles. The maximum Gasteiger partial charge on any atom is 0.222 e. The van der Waals surface area contributed by atoms with Crippen molar-refractivity contribution in [2.75, 3.05) is 32.7 Å². The quantitative estimate of drug-likeness (QED) is 0.400. The molecule has 9 heteroatoms. The number of rotatable bonds is 6. The number of halogens is 3. The van der Waals surface area contributed by atoms with Gasteiger partial charge in [-0.2, -0.15) is 0 Å². The summed E-state index contributed by atoms with van der Waals surface area (Å²) < 4.78 is 2.06. The fourth-order valence-corrected chi connectivity index (χ4v) is 8.19. The van der Waals surface area contributed by atoms with Crippen LogP contribution < -0.4 is 5.73 Å². The van der Waals surface area contributed by atoms with E-state index in [-0.39, 0.29) is 17.7 Å². The lowest BCUT2D eigenvalue weighted by Gasteiger charge is -2.38. The lowest BCUT2D eigenvalue weighted by Crippen LogP contribution is -2.43. The van der Waals surface area contributed by atoms with Crippen LogP contribution in [0.4, 0.5) is 0 Å². The molecule has 1 atom stereocenters. The van der Waals surface area contributed by atoms with Gasteiger partial charge in [-0.3, -0.25) is 14.6 Å². The molecule has 0 radical (unpaired) electrons. The van der Waals surface area contributed by atoms with E-state index in [9.17, 15) is 9.59 Å². The monoisotopic (exact) mass is 678 g/mol. The molecule has 2 aliphatic heterocycles. The van der Waals surface area contributed by atoms with Crippen LogP contribution in [0.3, 0.4) is 0 Å². The predicted molar refractivity (Wildman–Crippen MR) is 162 cm³/mol. The molecule has 2 amide bonds. The number of likely N-dealkylation sites (tertiary alicyclic amines) is 2. The van der Waals surface area contributed by atoms with Crippen LogP contribution in [0.15, 0.2) is 33.3 Å². The van der Waals surface area contributed by atoms with E-state index in [4.69, 9.17) is 22.3 Å². The van der Waals surface area contributed by atoms with Gasteiger partial charge in [0.25, 0.3) is 0 Å². The number of hydrogen-bond donors (Lipinski definition) is 1. The average Bonchev–Trinajstić information content (AvgIpc) is 3.09. The fourth-order valence-electron chi connectivity index (χ4n) is 6.69. The molecule has 39 heavy (non-hydrogen) atoms. The summed E-state index contributed by atoms with van der Waals surface area (Å²) in [6, 6.07) is 6.34. The summed E-state index contributed by atoms with van der Waals surface area (Å²) >= 11 is 13.9. The molecule has 6 nitrogen and oxygen atoms in total. The van der Waals surface area contributed by atoms with Gasteiger partial charge >= 0.3 is 0 Å². The zero-order valence-corrected chi connectivity index (χ0v) is 26.2. The van der Waals surface area contributed by atoms with E-state index in [0.717, 1.165) is 90.8 Å². The van der Waals surface area contributed by atoms with Gasteiger partial charge in [-0.15, -0.1) is 0 Å². The molecule has 2 N–H and O–H groups in total. The van der Waals surface area contributed by atoms with Crippen LogP contribution in [0.25, 0.3) is 0 Å². The highest BCUT2D eigenvalue weighted by Crippen LogP contribution is 2.46. The Hall–Kier alpha value is -1.48. The number of nitrogens with two attached hydrogens (primary N) is 1. The van der Waals surface area contributed by atoms with Crippen LogP contribution in [0.2, 0.25) is 5.02 Å².